The number of alkyl carbamates (subject to hydrolysis) is 1. The summed E-state index contributed by atoms with van der Waals surface area (Å²) in [4.78, 5) is 31.4. The first-order valence-electron chi connectivity index (χ1n) is 9.25. The highest BCUT2D eigenvalue weighted by molar-refractivity contribution is 5.94. The Morgan fingerprint density at radius 1 is 1.00 bits per heavy atom. The predicted octanol–water partition coefficient (Wildman–Crippen LogP) is 3.55. The van der Waals surface area contributed by atoms with Crippen LogP contribution in [0.15, 0.2) is 5.16 Å². The van der Waals surface area contributed by atoms with E-state index in [1.807, 2.05) is 41.5 Å². The molecule has 1 N–H and O–H groups in total. The third-order valence-corrected chi connectivity index (χ3v) is 3.25. The van der Waals surface area contributed by atoms with E-state index in [1.165, 1.54) is 0 Å². The van der Waals surface area contributed by atoms with Crippen LogP contribution in [0.4, 0.5) is 9.59 Å². The molecule has 0 aromatic carbocycles. The van der Waals surface area contributed by atoms with Gasteiger partial charge in [-0.05, 0) is 62.3 Å². The van der Waals surface area contributed by atoms with Crippen molar-refractivity contribution in [3.8, 4) is 0 Å². The summed E-state index contributed by atoms with van der Waals surface area (Å²) in [7, 11) is 0. The Hall–Kier alpha value is -1.99. The molecule has 0 aromatic heterocycles. The number of hydrogen-bond donors (Lipinski definition) is 1. The van der Waals surface area contributed by atoms with Crippen molar-refractivity contribution in [2.75, 3.05) is 19.6 Å². The molecule has 8 nitrogen and oxygen atoms in total. The van der Waals surface area contributed by atoms with Gasteiger partial charge in [-0.3, -0.25) is 0 Å². The Bertz CT molecular complexity index is 567. The number of likely N-dealkylation sites (tertiary alicyclic amines) is 1. The van der Waals surface area contributed by atoms with E-state index in [2.05, 4.69) is 10.5 Å². The lowest BCUT2D eigenvalue weighted by Gasteiger charge is -2.24. The van der Waals surface area contributed by atoms with E-state index in [-0.39, 0.29) is 5.92 Å². The smallest absolute Gasteiger partial charge is 0.410 e. The van der Waals surface area contributed by atoms with Crippen LogP contribution in [0.25, 0.3) is 0 Å². The molecule has 1 aliphatic heterocycles. The fourth-order valence-electron chi connectivity index (χ4n) is 2.23. The molecule has 0 aromatic rings. The number of hydrogen-bond acceptors (Lipinski definition) is 6. The normalized spacial score (nSPS) is 19.8. The summed E-state index contributed by atoms with van der Waals surface area (Å²) in [5.41, 5.74) is -0.917. The van der Waals surface area contributed by atoms with Crippen molar-refractivity contribution >= 4 is 17.9 Å². The fraction of sp³-hybridized carbons (Fsp3) is 0.842. The SMILES string of the molecule is CC(C)(C)O/N=C1\CN(C(=O)OC(C)(C)C)CC1CNC(=O)OC(C)(C)C. The maximum atomic E-state index is 12.4. The summed E-state index contributed by atoms with van der Waals surface area (Å²) < 4.78 is 10.7. The van der Waals surface area contributed by atoms with Crippen LogP contribution in [0.1, 0.15) is 62.3 Å². The minimum Gasteiger partial charge on any atom is -0.444 e. The van der Waals surface area contributed by atoms with Gasteiger partial charge in [-0.2, -0.15) is 0 Å². The zero-order valence-electron chi connectivity index (χ0n) is 18.1. The van der Waals surface area contributed by atoms with E-state index >= 15 is 0 Å². The summed E-state index contributed by atoms with van der Waals surface area (Å²) in [6, 6.07) is 0. The lowest BCUT2D eigenvalue weighted by molar-refractivity contribution is -0.00000414. The number of nitrogens with one attached hydrogen (secondary N) is 1. The van der Waals surface area contributed by atoms with Gasteiger partial charge in [0.2, 0.25) is 0 Å². The second-order valence-corrected chi connectivity index (χ2v) is 9.73. The van der Waals surface area contributed by atoms with E-state index in [1.54, 1.807) is 25.7 Å². The second kappa shape index (κ2) is 8.35. The number of amides is 2. The summed E-state index contributed by atoms with van der Waals surface area (Å²) in [6.45, 7) is 17.5. The Labute approximate surface area is 162 Å². The summed E-state index contributed by atoms with van der Waals surface area (Å²) in [5.74, 6) is -0.174. The van der Waals surface area contributed by atoms with Crippen LogP contribution >= 0.6 is 0 Å². The van der Waals surface area contributed by atoms with E-state index in [9.17, 15) is 9.59 Å². The highest BCUT2D eigenvalue weighted by Crippen LogP contribution is 2.19. The van der Waals surface area contributed by atoms with Gasteiger partial charge in [0, 0.05) is 19.0 Å². The topological polar surface area (TPSA) is 89.5 Å². The van der Waals surface area contributed by atoms with Gasteiger partial charge in [0.15, 0.2) is 0 Å². The third-order valence-electron chi connectivity index (χ3n) is 3.25. The van der Waals surface area contributed by atoms with Gasteiger partial charge in [-0.25, -0.2) is 9.59 Å². The van der Waals surface area contributed by atoms with E-state index in [4.69, 9.17) is 14.3 Å². The highest BCUT2D eigenvalue weighted by atomic mass is 16.6. The van der Waals surface area contributed by atoms with Gasteiger partial charge in [0.05, 0.1) is 12.3 Å². The van der Waals surface area contributed by atoms with Crippen molar-refractivity contribution in [3.05, 3.63) is 0 Å². The van der Waals surface area contributed by atoms with Crippen LogP contribution in [0, 0.1) is 5.92 Å². The second-order valence-electron chi connectivity index (χ2n) is 9.73. The van der Waals surface area contributed by atoms with Crippen molar-refractivity contribution in [3.63, 3.8) is 0 Å². The molecular formula is C19H35N3O5. The zero-order valence-corrected chi connectivity index (χ0v) is 18.1. The zero-order chi connectivity index (χ0) is 21.0. The summed E-state index contributed by atoms with van der Waals surface area (Å²) in [6.07, 6.45) is -0.917. The molecule has 0 aliphatic carbocycles. The van der Waals surface area contributed by atoms with E-state index < -0.39 is 29.0 Å². The van der Waals surface area contributed by atoms with Crippen LogP contribution in [-0.2, 0) is 14.3 Å². The van der Waals surface area contributed by atoms with Gasteiger partial charge in [0.25, 0.3) is 0 Å². The molecule has 0 spiro atoms. The predicted molar refractivity (Wildman–Crippen MR) is 104 cm³/mol. The molecule has 1 saturated heterocycles. The standard InChI is InChI=1S/C19H35N3O5/c1-17(2,3)25-15(23)20-10-13-11-22(16(24)26-18(4,5)6)12-14(13)21-27-19(7,8)9/h13H,10-12H2,1-9H3,(H,20,23)/b21-14+. The average Bonchev–Trinajstić information content (AvgIpc) is 2.82. The number of rotatable bonds is 3. The Kier molecular flexibility index (Phi) is 7.13. The molecule has 0 bridgehead atoms. The molecule has 1 rings (SSSR count). The van der Waals surface area contributed by atoms with Crippen molar-refractivity contribution in [1.29, 1.82) is 0 Å². The number of nitrogens with zero attached hydrogens (tertiary/aromatic N) is 2. The molecule has 2 amide bonds. The number of ether oxygens (including phenoxy) is 2. The maximum absolute atomic E-state index is 12.4. The monoisotopic (exact) mass is 385 g/mol. The lowest BCUT2D eigenvalue weighted by atomic mass is 10.1. The van der Waals surface area contributed by atoms with Crippen molar-refractivity contribution in [2.24, 2.45) is 11.1 Å². The number of carbonyl (C=O) groups excluding carboxylic acids is 2. The molecule has 156 valence electrons. The van der Waals surface area contributed by atoms with Crippen molar-refractivity contribution in [2.45, 2.75) is 79.1 Å². The van der Waals surface area contributed by atoms with Crippen LogP contribution in [-0.4, -0.2) is 59.2 Å². The lowest BCUT2D eigenvalue weighted by Crippen LogP contribution is -2.38. The van der Waals surface area contributed by atoms with Gasteiger partial charge < -0.3 is 24.5 Å². The quantitative estimate of drug-likeness (QED) is 0.751. The average molecular weight is 386 g/mol. The van der Waals surface area contributed by atoms with Crippen LogP contribution in [0.3, 0.4) is 0 Å². The first kappa shape index (κ1) is 23.0. The van der Waals surface area contributed by atoms with Crippen LogP contribution < -0.4 is 5.32 Å². The molecular weight excluding hydrogens is 350 g/mol. The minimum absolute atomic E-state index is 0.174. The van der Waals surface area contributed by atoms with Crippen LogP contribution in [0.5, 0.6) is 0 Å². The fourth-order valence-corrected chi connectivity index (χ4v) is 2.23. The Balaban J connectivity index is 2.80. The maximum Gasteiger partial charge on any atom is 0.410 e. The Morgan fingerprint density at radius 3 is 2.04 bits per heavy atom. The third kappa shape index (κ3) is 9.49. The molecule has 8 heteroatoms. The van der Waals surface area contributed by atoms with Gasteiger partial charge in [-0.15, -0.1) is 0 Å². The molecule has 27 heavy (non-hydrogen) atoms. The van der Waals surface area contributed by atoms with Gasteiger partial charge >= 0.3 is 12.2 Å². The van der Waals surface area contributed by atoms with E-state index in [0.717, 1.165) is 0 Å². The number of carbonyl (C=O) groups is 2. The molecule has 1 atom stereocenters. The van der Waals surface area contributed by atoms with Gasteiger partial charge in [0.1, 0.15) is 16.8 Å². The Morgan fingerprint density at radius 2 is 1.56 bits per heavy atom. The van der Waals surface area contributed by atoms with E-state index in [0.29, 0.717) is 25.3 Å². The summed E-state index contributed by atoms with van der Waals surface area (Å²) >= 11 is 0. The largest absolute Gasteiger partial charge is 0.444 e. The molecule has 1 unspecified atom stereocenters. The highest BCUT2D eigenvalue weighted by Gasteiger charge is 2.35. The first-order valence-corrected chi connectivity index (χ1v) is 9.25. The molecule has 1 fully saturated rings. The van der Waals surface area contributed by atoms with Gasteiger partial charge in [-0.1, -0.05) is 5.16 Å². The first-order chi connectivity index (χ1) is 12.1. The minimum atomic E-state index is -0.580. The molecule has 0 radical (unpaired) electrons. The van der Waals surface area contributed by atoms with Crippen molar-refractivity contribution in [1.82, 2.24) is 10.2 Å². The molecule has 1 aliphatic rings. The molecule has 0 saturated carbocycles. The summed E-state index contributed by atoms with van der Waals surface area (Å²) in [5, 5.41) is 6.97. The van der Waals surface area contributed by atoms with Crippen molar-refractivity contribution < 1.29 is 23.9 Å². The van der Waals surface area contributed by atoms with Crippen LogP contribution in [0.2, 0.25) is 0 Å². The number of oxime groups is 1. The molecule has 1 heterocycles.